The second-order valence-electron chi connectivity index (χ2n) is 9.44. The Morgan fingerprint density at radius 1 is 0.793 bits per heavy atom. The lowest BCUT2D eigenvalue weighted by Crippen LogP contribution is -2.33. The molecule has 4 rings (SSSR count). The normalized spacial score (nSPS) is 17.0. The highest BCUT2D eigenvalue weighted by molar-refractivity contribution is 5.99. The number of carbonyl (C=O) groups is 1. The minimum atomic E-state index is -0.238. The minimum Gasteiger partial charge on any atom is -0.277 e. The maximum absolute atomic E-state index is 12.1. The summed E-state index contributed by atoms with van der Waals surface area (Å²) in [5.41, 5.74) is 8.70. The first-order chi connectivity index (χ1) is 13.7. The van der Waals surface area contributed by atoms with Gasteiger partial charge < -0.3 is 0 Å². The summed E-state index contributed by atoms with van der Waals surface area (Å²) >= 11 is 0. The van der Waals surface area contributed by atoms with Crippen molar-refractivity contribution < 1.29 is 9.63 Å². The smallest absolute Gasteiger partial charge is 0.274 e. The second-order valence-corrected chi connectivity index (χ2v) is 9.44. The topological polar surface area (TPSA) is 38.3 Å². The van der Waals surface area contributed by atoms with Gasteiger partial charge in [-0.1, -0.05) is 64.1 Å². The summed E-state index contributed by atoms with van der Waals surface area (Å²) in [7, 11) is 1.44. The van der Waals surface area contributed by atoms with Gasteiger partial charge in [-0.05, 0) is 74.9 Å². The molecule has 1 aliphatic rings. The molecule has 0 atom stereocenters. The third kappa shape index (κ3) is 3.56. The number of hydroxylamine groups is 1. The van der Waals surface area contributed by atoms with Gasteiger partial charge in [-0.2, -0.15) is 0 Å². The molecule has 0 saturated carbocycles. The molecule has 0 unspecified atom stereocenters. The van der Waals surface area contributed by atoms with E-state index >= 15 is 0 Å². The van der Waals surface area contributed by atoms with Crippen LogP contribution in [-0.4, -0.2) is 13.0 Å². The summed E-state index contributed by atoms with van der Waals surface area (Å²) in [6, 6.07) is 19.1. The van der Waals surface area contributed by atoms with Crippen LogP contribution in [0.25, 0.3) is 21.9 Å². The van der Waals surface area contributed by atoms with E-state index in [4.69, 9.17) is 4.84 Å². The molecule has 150 valence electrons. The van der Waals surface area contributed by atoms with E-state index in [1.165, 1.54) is 42.2 Å². The van der Waals surface area contributed by atoms with Gasteiger partial charge in [-0.15, -0.1) is 0 Å². The van der Waals surface area contributed by atoms with Crippen LogP contribution in [0.15, 0.2) is 54.6 Å². The molecule has 0 aliphatic heterocycles. The van der Waals surface area contributed by atoms with Crippen molar-refractivity contribution in [3.8, 4) is 11.1 Å². The van der Waals surface area contributed by atoms with Gasteiger partial charge >= 0.3 is 0 Å². The van der Waals surface area contributed by atoms with Gasteiger partial charge in [-0.3, -0.25) is 9.63 Å². The lowest BCUT2D eigenvalue weighted by molar-refractivity contribution is 0.0538. The molecule has 0 bridgehead atoms. The number of carbonyl (C=O) groups excluding carboxylic acids is 1. The van der Waals surface area contributed by atoms with Crippen LogP contribution < -0.4 is 5.48 Å². The van der Waals surface area contributed by atoms with Gasteiger partial charge in [0.15, 0.2) is 0 Å². The van der Waals surface area contributed by atoms with Crippen molar-refractivity contribution in [3.05, 3.63) is 71.3 Å². The molecule has 1 amide bonds. The van der Waals surface area contributed by atoms with E-state index in [0.29, 0.717) is 5.56 Å². The Hall–Kier alpha value is -2.65. The third-order valence-electron chi connectivity index (χ3n) is 6.48. The van der Waals surface area contributed by atoms with Crippen molar-refractivity contribution in [2.75, 3.05) is 7.11 Å². The first-order valence-corrected chi connectivity index (χ1v) is 10.2. The van der Waals surface area contributed by atoms with Crippen LogP contribution >= 0.6 is 0 Å². The van der Waals surface area contributed by atoms with Crippen LogP contribution in [0, 0.1) is 0 Å². The molecular formula is C26H29NO2. The molecule has 0 heterocycles. The molecule has 3 aromatic rings. The standard InChI is InChI=1S/C26H29NO2/c1-25(2)12-13-26(3,4)23-16-19(10-11-22(23)25)18-8-6-17-7-9-20(15-21(17)14-18)24(28)27-29-5/h6-11,14-16H,12-13H2,1-5H3,(H,27,28). The number of benzene rings is 3. The summed E-state index contributed by atoms with van der Waals surface area (Å²) in [5, 5.41) is 2.16. The quantitative estimate of drug-likeness (QED) is 0.548. The predicted octanol–water partition coefficient (Wildman–Crippen LogP) is 6.15. The van der Waals surface area contributed by atoms with Crippen LogP contribution in [0.2, 0.25) is 0 Å². The number of rotatable bonds is 3. The maximum Gasteiger partial charge on any atom is 0.274 e. The molecule has 3 aromatic carbocycles. The van der Waals surface area contributed by atoms with E-state index in [0.717, 1.165) is 10.8 Å². The average molecular weight is 388 g/mol. The van der Waals surface area contributed by atoms with Gasteiger partial charge in [0.1, 0.15) is 0 Å². The second kappa shape index (κ2) is 7.00. The number of hydrogen-bond acceptors (Lipinski definition) is 2. The Bertz CT molecular complexity index is 1100. The van der Waals surface area contributed by atoms with E-state index in [9.17, 15) is 4.79 Å². The van der Waals surface area contributed by atoms with Gasteiger partial charge in [-0.25, -0.2) is 5.48 Å². The first kappa shape index (κ1) is 19.7. The zero-order chi connectivity index (χ0) is 20.8. The summed E-state index contributed by atoms with van der Waals surface area (Å²) < 4.78 is 0. The molecule has 0 saturated heterocycles. The molecule has 0 spiro atoms. The lowest BCUT2D eigenvalue weighted by atomic mass is 9.63. The average Bonchev–Trinajstić information content (AvgIpc) is 2.70. The molecule has 1 N–H and O–H groups in total. The van der Waals surface area contributed by atoms with Gasteiger partial charge in [0.05, 0.1) is 7.11 Å². The number of fused-ring (bicyclic) bond motifs is 2. The highest BCUT2D eigenvalue weighted by Gasteiger charge is 2.36. The molecule has 3 nitrogen and oxygen atoms in total. The molecule has 0 fully saturated rings. The van der Waals surface area contributed by atoms with Crippen LogP contribution in [0.4, 0.5) is 0 Å². The van der Waals surface area contributed by atoms with Crippen LogP contribution in [-0.2, 0) is 15.7 Å². The van der Waals surface area contributed by atoms with E-state index in [1.54, 1.807) is 0 Å². The SMILES string of the molecule is CONC(=O)c1ccc2ccc(-c3ccc4c(c3)C(C)(C)CCC4(C)C)cc2c1. The highest BCUT2D eigenvalue weighted by atomic mass is 16.6. The van der Waals surface area contributed by atoms with Crippen LogP contribution in [0.3, 0.4) is 0 Å². The Kier molecular flexibility index (Phi) is 4.74. The van der Waals surface area contributed by atoms with Crippen LogP contribution in [0.1, 0.15) is 62.0 Å². The number of hydrogen-bond donors (Lipinski definition) is 1. The van der Waals surface area contributed by atoms with Gasteiger partial charge in [0.2, 0.25) is 0 Å². The molecule has 29 heavy (non-hydrogen) atoms. The van der Waals surface area contributed by atoms with Crippen molar-refractivity contribution in [3.63, 3.8) is 0 Å². The monoisotopic (exact) mass is 387 g/mol. The number of nitrogens with one attached hydrogen (secondary N) is 1. The molecule has 0 radical (unpaired) electrons. The van der Waals surface area contributed by atoms with Crippen molar-refractivity contribution in [1.82, 2.24) is 5.48 Å². The van der Waals surface area contributed by atoms with E-state index in [-0.39, 0.29) is 16.7 Å². The lowest BCUT2D eigenvalue weighted by Gasteiger charge is -2.42. The number of amides is 1. The fourth-order valence-electron chi connectivity index (χ4n) is 4.49. The zero-order valence-corrected chi connectivity index (χ0v) is 17.9. The first-order valence-electron chi connectivity index (χ1n) is 10.2. The molecular weight excluding hydrogens is 358 g/mol. The van der Waals surface area contributed by atoms with Crippen molar-refractivity contribution in [2.45, 2.75) is 51.4 Å². The summed E-state index contributed by atoms with van der Waals surface area (Å²) in [4.78, 5) is 16.9. The van der Waals surface area contributed by atoms with Crippen molar-refractivity contribution in [2.24, 2.45) is 0 Å². The summed E-state index contributed by atoms with van der Waals surface area (Å²) in [5.74, 6) is -0.238. The molecule has 1 aliphatic carbocycles. The highest BCUT2D eigenvalue weighted by Crippen LogP contribution is 2.46. The van der Waals surface area contributed by atoms with E-state index in [2.05, 4.69) is 69.6 Å². The summed E-state index contributed by atoms with van der Waals surface area (Å²) in [6.45, 7) is 9.41. The fraction of sp³-hybridized carbons (Fsp3) is 0.346. The maximum atomic E-state index is 12.1. The van der Waals surface area contributed by atoms with Gasteiger partial charge in [0, 0.05) is 5.56 Å². The van der Waals surface area contributed by atoms with Crippen molar-refractivity contribution >= 4 is 16.7 Å². The molecule has 0 aromatic heterocycles. The predicted molar refractivity (Wildman–Crippen MR) is 119 cm³/mol. The Labute approximate surface area is 173 Å². The molecule has 3 heteroatoms. The van der Waals surface area contributed by atoms with Crippen LogP contribution in [0.5, 0.6) is 0 Å². The van der Waals surface area contributed by atoms with E-state index < -0.39 is 0 Å². The Morgan fingerprint density at radius 2 is 1.41 bits per heavy atom. The van der Waals surface area contributed by atoms with E-state index in [1.807, 2.05) is 18.2 Å². The third-order valence-corrected chi connectivity index (χ3v) is 6.48. The Balaban J connectivity index is 1.79. The Morgan fingerprint density at radius 3 is 2.14 bits per heavy atom. The summed E-state index contributed by atoms with van der Waals surface area (Å²) in [6.07, 6.45) is 2.42. The van der Waals surface area contributed by atoms with Gasteiger partial charge in [0.25, 0.3) is 5.91 Å². The van der Waals surface area contributed by atoms with Crippen molar-refractivity contribution in [1.29, 1.82) is 0 Å². The fourth-order valence-corrected chi connectivity index (χ4v) is 4.49. The minimum absolute atomic E-state index is 0.184. The largest absolute Gasteiger partial charge is 0.277 e. The zero-order valence-electron chi connectivity index (χ0n) is 17.9.